The first-order valence-electron chi connectivity index (χ1n) is 6.37. The van der Waals surface area contributed by atoms with Gasteiger partial charge in [0, 0.05) is 5.69 Å². The number of carbonyl (C=O) groups is 1. The normalized spacial score (nSPS) is 12.8. The quantitative estimate of drug-likeness (QED) is 0.932. The van der Waals surface area contributed by atoms with Crippen molar-refractivity contribution in [3.05, 3.63) is 42.0 Å². The second-order valence-corrected chi connectivity index (χ2v) is 4.63. The number of amides is 1. The fourth-order valence-corrected chi connectivity index (χ4v) is 2.52. The Labute approximate surface area is 117 Å². The summed E-state index contributed by atoms with van der Waals surface area (Å²) in [5.74, 6) is 1.41. The smallest absolute Gasteiger partial charge is 0.228 e. The predicted octanol–water partition coefficient (Wildman–Crippen LogP) is 2.87. The van der Waals surface area contributed by atoms with Crippen LogP contribution in [-0.4, -0.2) is 20.1 Å². The van der Waals surface area contributed by atoms with Gasteiger partial charge in [-0.05, 0) is 34.9 Å². The highest BCUT2D eigenvalue weighted by molar-refractivity contribution is 6.01. The Bertz CT molecular complexity index is 679. The minimum Gasteiger partial charge on any atom is -0.493 e. The first-order chi connectivity index (χ1) is 9.72. The van der Waals surface area contributed by atoms with E-state index in [-0.39, 0.29) is 5.91 Å². The molecule has 102 valence electrons. The van der Waals surface area contributed by atoms with E-state index < -0.39 is 0 Å². The molecular formula is C16H15NO3. The lowest BCUT2D eigenvalue weighted by Crippen LogP contribution is -2.03. The van der Waals surface area contributed by atoms with Crippen LogP contribution in [0.4, 0.5) is 5.69 Å². The minimum absolute atomic E-state index is 0.0351. The Morgan fingerprint density at radius 2 is 1.85 bits per heavy atom. The molecule has 1 heterocycles. The topological polar surface area (TPSA) is 47.6 Å². The molecule has 4 nitrogen and oxygen atoms in total. The van der Waals surface area contributed by atoms with E-state index in [0.717, 1.165) is 22.4 Å². The summed E-state index contributed by atoms with van der Waals surface area (Å²) in [6.45, 7) is 0. The van der Waals surface area contributed by atoms with Crippen LogP contribution in [0.2, 0.25) is 0 Å². The molecular weight excluding hydrogens is 254 g/mol. The van der Waals surface area contributed by atoms with Gasteiger partial charge in [0.05, 0.1) is 20.6 Å². The van der Waals surface area contributed by atoms with Crippen LogP contribution in [0.3, 0.4) is 0 Å². The van der Waals surface area contributed by atoms with Crippen molar-refractivity contribution >= 4 is 11.6 Å². The van der Waals surface area contributed by atoms with Gasteiger partial charge in [0.2, 0.25) is 5.91 Å². The number of carbonyl (C=O) groups excluding carboxylic acids is 1. The molecule has 0 saturated carbocycles. The van der Waals surface area contributed by atoms with E-state index in [9.17, 15) is 4.79 Å². The third kappa shape index (κ3) is 1.99. The summed E-state index contributed by atoms with van der Waals surface area (Å²) < 4.78 is 10.6. The maximum atomic E-state index is 11.6. The first-order valence-corrected chi connectivity index (χ1v) is 6.37. The highest BCUT2D eigenvalue weighted by atomic mass is 16.5. The van der Waals surface area contributed by atoms with Crippen LogP contribution in [0.25, 0.3) is 11.1 Å². The number of methoxy groups -OCH3 is 2. The number of hydrogen-bond donors (Lipinski definition) is 1. The van der Waals surface area contributed by atoms with Crippen molar-refractivity contribution in [2.45, 2.75) is 6.42 Å². The van der Waals surface area contributed by atoms with Crippen molar-refractivity contribution in [1.29, 1.82) is 0 Å². The molecule has 3 rings (SSSR count). The minimum atomic E-state index is 0.0351. The van der Waals surface area contributed by atoms with E-state index in [1.807, 2.05) is 36.4 Å². The Balaban J connectivity index is 2.11. The van der Waals surface area contributed by atoms with Gasteiger partial charge in [-0.3, -0.25) is 4.79 Å². The molecule has 0 fully saturated rings. The van der Waals surface area contributed by atoms with Gasteiger partial charge < -0.3 is 14.8 Å². The number of fused-ring (bicyclic) bond motifs is 1. The number of benzene rings is 2. The molecule has 0 unspecified atom stereocenters. The van der Waals surface area contributed by atoms with E-state index in [4.69, 9.17) is 9.47 Å². The van der Waals surface area contributed by atoms with Crippen molar-refractivity contribution < 1.29 is 14.3 Å². The van der Waals surface area contributed by atoms with Gasteiger partial charge in [-0.15, -0.1) is 0 Å². The molecule has 0 bridgehead atoms. The molecule has 0 atom stereocenters. The standard InChI is InChI=1S/C16H15NO3/c1-19-14-7-6-10(8-15(14)20-2)11-4-3-5-13-12(11)9-16(18)17-13/h3-8H,9H2,1-2H3,(H,17,18). The largest absolute Gasteiger partial charge is 0.493 e. The zero-order valence-electron chi connectivity index (χ0n) is 11.4. The average molecular weight is 269 g/mol. The second kappa shape index (κ2) is 4.89. The highest BCUT2D eigenvalue weighted by Gasteiger charge is 2.21. The third-order valence-corrected chi connectivity index (χ3v) is 3.48. The lowest BCUT2D eigenvalue weighted by molar-refractivity contribution is -0.115. The van der Waals surface area contributed by atoms with Crippen molar-refractivity contribution in [1.82, 2.24) is 0 Å². The summed E-state index contributed by atoms with van der Waals surface area (Å²) in [7, 11) is 3.22. The van der Waals surface area contributed by atoms with Crippen LogP contribution >= 0.6 is 0 Å². The number of hydrogen-bond acceptors (Lipinski definition) is 3. The number of nitrogens with one attached hydrogen (secondary N) is 1. The van der Waals surface area contributed by atoms with Crippen LogP contribution in [0.5, 0.6) is 11.5 Å². The van der Waals surface area contributed by atoms with Crippen LogP contribution < -0.4 is 14.8 Å². The SMILES string of the molecule is COc1ccc(-c2cccc3c2CC(=O)N3)cc1OC. The van der Waals surface area contributed by atoms with E-state index in [2.05, 4.69) is 5.32 Å². The first kappa shape index (κ1) is 12.5. The Morgan fingerprint density at radius 3 is 2.60 bits per heavy atom. The number of ether oxygens (including phenoxy) is 2. The molecule has 0 radical (unpaired) electrons. The lowest BCUT2D eigenvalue weighted by atomic mass is 9.97. The fourth-order valence-electron chi connectivity index (χ4n) is 2.52. The van der Waals surface area contributed by atoms with Crippen LogP contribution in [-0.2, 0) is 11.2 Å². The molecule has 20 heavy (non-hydrogen) atoms. The summed E-state index contributed by atoms with van der Waals surface area (Å²) in [5, 5.41) is 2.86. The van der Waals surface area contributed by atoms with Gasteiger partial charge in [0.25, 0.3) is 0 Å². The molecule has 0 aromatic heterocycles. The molecule has 1 amide bonds. The Kier molecular flexibility index (Phi) is 3.06. The van der Waals surface area contributed by atoms with Crippen LogP contribution in [0.1, 0.15) is 5.56 Å². The van der Waals surface area contributed by atoms with Gasteiger partial charge in [-0.1, -0.05) is 18.2 Å². The maximum Gasteiger partial charge on any atom is 0.228 e. The zero-order valence-corrected chi connectivity index (χ0v) is 11.4. The van der Waals surface area contributed by atoms with E-state index in [1.165, 1.54) is 0 Å². The fraction of sp³-hybridized carbons (Fsp3) is 0.188. The molecule has 0 aliphatic carbocycles. The highest BCUT2D eigenvalue weighted by Crippen LogP contribution is 2.37. The van der Waals surface area contributed by atoms with Gasteiger partial charge in [0.15, 0.2) is 11.5 Å². The summed E-state index contributed by atoms with van der Waals surface area (Å²) >= 11 is 0. The zero-order chi connectivity index (χ0) is 14.1. The molecule has 2 aromatic carbocycles. The lowest BCUT2D eigenvalue weighted by Gasteiger charge is -2.11. The van der Waals surface area contributed by atoms with E-state index in [1.54, 1.807) is 14.2 Å². The average Bonchev–Trinajstić information content (AvgIpc) is 2.86. The maximum absolute atomic E-state index is 11.6. The molecule has 0 saturated heterocycles. The third-order valence-electron chi connectivity index (χ3n) is 3.48. The molecule has 1 N–H and O–H groups in total. The summed E-state index contributed by atoms with van der Waals surface area (Å²) in [5.41, 5.74) is 3.98. The Morgan fingerprint density at radius 1 is 1.05 bits per heavy atom. The number of anilines is 1. The molecule has 1 aliphatic heterocycles. The van der Waals surface area contributed by atoms with Gasteiger partial charge in [-0.25, -0.2) is 0 Å². The molecule has 2 aromatic rings. The molecule has 1 aliphatic rings. The van der Waals surface area contributed by atoms with Gasteiger partial charge >= 0.3 is 0 Å². The Hall–Kier alpha value is -2.49. The van der Waals surface area contributed by atoms with E-state index >= 15 is 0 Å². The van der Waals surface area contributed by atoms with Crippen LogP contribution in [0, 0.1) is 0 Å². The summed E-state index contributed by atoms with van der Waals surface area (Å²) in [4.78, 5) is 11.6. The number of rotatable bonds is 3. The van der Waals surface area contributed by atoms with Crippen molar-refractivity contribution in [3.63, 3.8) is 0 Å². The van der Waals surface area contributed by atoms with Gasteiger partial charge in [-0.2, -0.15) is 0 Å². The molecule has 4 heteroatoms. The van der Waals surface area contributed by atoms with Crippen molar-refractivity contribution in [3.8, 4) is 22.6 Å². The van der Waals surface area contributed by atoms with E-state index in [0.29, 0.717) is 17.9 Å². The second-order valence-electron chi connectivity index (χ2n) is 4.63. The van der Waals surface area contributed by atoms with Crippen molar-refractivity contribution in [2.24, 2.45) is 0 Å². The van der Waals surface area contributed by atoms with Crippen molar-refractivity contribution in [2.75, 3.05) is 19.5 Å². The summed E-state index contributed by atoms with van der Waals surface area (Å²) in [6.07, 6.45) is 0.417. The monoisotopic (exact) mass is 269 g/mol. The predicted molar refractivity (Wildman–Crippen MR) is 77.3 cm³/mol. The van der Waals surface area contributed by atoms with Gasteiger partial charge in [0.1, 0.15) is 0 Å². The summed E-state index contributed by atoms with van der Waals surface area (Å²) in [6, 6.07) is 11.6. The molecule has 0 spiro atoms. The van der Waals surface area contributed by atoms with Crippen LogP contribution in [0.15, 0.2) is 36.4 Å².